The Morgan fingerprint density at radius 1 is 0.833 bits per heavy atom. The first kappa shape index (κ1) is 18.6. The summed E-state index contributed by atoms with van der Waals surface area (Å²) >= 11 is 0. The minimum atomic E-state index is -0.746. The molecular weight excluding hydrogens is 376 g/mol. The van der Waals surface area contributed by atoms with Crippen molar-refractivity contribution >= 4 is 32.6 Å². The summed E-state index contributed by atoms with van der Waals surface area (Å²) in [6.07, 6.45) is -0.355. The molecule has 150 valence electrons. The van der Waals surface area contributed by atoms with Crippen LogP contribution in [0.15, 0.2) is 72.8 Å². The Morgan fingerprint density at radius 2 is 1.47 bits per heavy atom. The van der Waals surface area contributed by atoms with Crippen LogP contribution < -0.4 is 4.74 Å². The van der Waals surface area contributed by atoms with Crippen LogP contribution in [0.25, 0.3) is 44.0 Å². The first-order valence-corrected chi connectivity index (χ1v) is 10.1. The molecule has 0 bridgehead atoms. The molecule has 4 aromatic carbocycles. The van der Waals surface area contributed by atoms with Crippen molar-refractivity contribution in [2.24, 2.45) is 0 Å². The molecule has 5 rings (SSSR count). The summed E-state index contributed by atoms with van der Waals surface area (Å²) in [5.41, 5.74) is 2.98. The van der Waals surface area contributed by atoms with E-state index >= 15 is 0 Å². The van der Waals surface area contributed by atoms with E-state index in [0.717, 1.165) is 38.9 Å². The predicted molar refractivity (Wildman–Crippen MR) is 120 cm³/mol. The Labute approximate surface area is 173 Å². The fraction of sp³-hybridized carbons (Fsp3) is 0.160. The van der Waals surface area contributed by atoms with Gasteiger partial charge in [-0.3, -0.25) is 0 Å². The molecule has 0 spiro atoms. The molecule has 0 amide bonds. The van der Waals surface area contributed by atoms with Gasteiger partial charge in [0.1, 0.15) is 11.6 Å². The summed E-state index contributed by atoms with van der Waals surface area (Å²) in [7, 11) is 0. The molecule has 1 atom stereocenters. The Bertz CT molecular complexity index is 1250. The molecule has 0 unspecified atom stereocenters. The van der Waals surface area contributed by atoms with Crippen molar-refractivity contribution in [3.8, 4) is 17.1 Å². The molecular formula is C25H22N2O3. The molecule has 5 nitrogen and oxygen atoms in total. The van der Waals surface area contributed by atoms with Crippen molar-refractivity contribution in [1.82, 2.24) is 9.97 Å². The normalized spacial score (nSPS) is 12.6. The number of aliphatic hydroxyl groups excluding tert-OH is 2. The molecule has 0 radical (unpaired) electrons. The SMILES string of the molecule is OC[C@@H](O)CCOc1ccc(-c2nc3c4ccccc4c4ccccc4c3[nH]2)cc1. The van der Waals surface area contributed by atoms with E-state index in [2.05, 4.69) is 47.4 Å². The maximum Gasteiger partial charge on any atom is 0.138 e. The molecule has 1 heterocycles. The lowest BCUT2D eigenvalue weighted by molar-refractivity contribution is 0.0754. The van der Waals surface area contributed by atoms with E-state index in [4.69, 9.17) is 14.8 Å². The highest BCUT2D eigenvalue weighted by Crippen LogP contribution is 2.35. The number of aromatic nitrogens is 2. The van der Waals surface area contributed by atoms with Gasteiger partial charge in [0, 0.05) is 22.8 Å². The lowest BCUT2D eigenvalue weighted by atomic mass is 10.0. The van der Waals surface area contributed by atoms with Crippen molar-refractivity contribution in [2.45, 2.75) is 12.5 Å². The fourth-order valence-corrected chi connectivity index (χ4v) is 3.87. The second kappa shape index (κ2) is 7.78. The van der Waals surface area contributed by atoms with Gasteiger partial charge in [0.25, 0.3) is 0 Å². The predicted octanol–water partition coefficient (Wildman–Crippen LogP) is 4.66. The van der Waals surface area contributed by atoms with E-state index in [-0.39, 0.29) is 6.61 Å². The Morgan fingerprint density at radius 3 is 2.17 bits per heavy atom. The number of hydrogen-bond acceptors (Lipinski definition) is 4. The largest absolute Gasteiger partial charge is 0.493 e. The van der Waals surface area contributed by atoms with Crippen LogP contribution >= 0.6 is 0 Å². The van der Waals surface area contributed by atoms with Crippen LogP contribution in [0.3, 0.4) is 0 Å². The number of nitrogens with zero attached hydrogens (tertiary/aromatic N) is 1. The summed E-state index contributed by atoms with van der Waals surface area (Å²) in [5.74, 6) is 1.53. The monoisotopic (exact) mass is 398 g/mol. The molecule has 30 heavy (non-hydrogen) atoms. The molecule has 3 N–H and O–H groups in total. The van der Waals surface area contributed by atoms with E-state index < -0.39 is 6.10 Å². The van der Waals surface area contributed by atoms with Gasteiger partial charge in [-0.1, -0.05) is 48.5 Å². The van der Waals surface area contributed by atoms with Gasteiger partial charge in [-0.2, -0.15) is 0 Å². The highest BCUT2D eigenvalue weighted by atomic mass is 16.5. The highest BCUT2D eigenvalue weighted by Gasteiger charge is 2.13. The third-order valence-electron chi connectivity index (χ3n) is 5.43. The Balaban J connectivity index is 1.53. The Hall–Kier alpha value is -3.41. The van der Waals surface area contributed by atoms with Gasteiger partial charge >= 0.3 is 0 Å². The number of aromatic amines is 1. The number of hydrogen-bond donors (Lipinski definition) is 3. The molecule has 1 aromatic heterocycles. The van der Waals surface area contributed by atoms with Gasteiger partial charge < -0.3 is 19.9 Å². The zero-order chi connectivity index (χ0) is 20.5. The molecule has 0 aliphatic rings. The van der Waals surface area contributed by atoms with Gasteiger partial charge in [-0.05, 0) is 35.0 Å². The summed E-state index contributed by atoms with van der Waals surface area (Å²) < 4.78 is 5.64. The van der Waals surface area contributed by atoms with Gasteiger partial charge in [-0.15, -0.1) is 0 Å². The molecule has 0 saturated heterocycles. The number of rotatable bonds is 6. The van der Waals surface area contributed by atoms with Crippen LogP contribution in [0, 0.1) is 0 Å². The van der Waals surface area contributed by atoms with Crippen LogP contribution in [-0.4, -0.2) is 39.5 Å². The standard InChI is InChI=1S/C25H22N2O3/c28-15-17(29)13-14-30-18-11-9-16(10-12-18)25-26-23-21-7-3-1-5-19(21)20-6-2-4-8-22(20)24(23)27-25/h1-12,17,28-29H,13-15H2,(H,26,27)/t17-/m0/s1. The van der Waals surface area contributed by atoms with E-state index in [1.54, 1.807) is 0 Å². The van der Waals surface area contributed by atoms with Crippen molar-refractivity contribution in [2.75, 3.05) is 13.2 Å². The topological polar surface area (TPSA) is 78.4 Å². The summed E-state index contributed by atoms with van der Waals surface area (Å²) in [6, 6.07) is 24.5. The molecule has 0 fully saturated rings. The number of ether oxygens (including phenoxy) is 1. The van der Waals surface area contributed by atoms with E-state index in [1.807, 2.05) is 30.3 Å². The number of nitrogens with one attached hydrogen (secondary N) is 1. The molecule has 0 aliphatic heterocycles. The number of aliphatic hydroxyl groups is 2. The average Bonchev–Trinajstić information content (AvgIpc) is 3.25. The lowest BCUT2D eigenvalue weighted by Gasteiger charge is -2.09. The van der Waals surface area contributed by atoms with Crippen LogP contribution in [0.4, 0.5) is 0 Å². The number of fused-ring (bicyclic) bond motifs is 6. The third-order valence-corrected chi connectivity index (χ3v) is 5.43. The molecule has 0 aliphatic carbocycles. The first-order chi connectivity index (χ1) is 14.7. The quantitative estimate of drug-likeness (QED) is 0.364. The van der Waals surface area contributed by atoms with Crippen LogP contribution in [0.1, 0.15) is 6.42 Å². The lowest BCUT2D eigenvalue weighted by Crippen LogP contribution is -2.15. The van der Waals surface area contributed by atoms with Gasteiger partial charge in [-0.25, -0.2) is 4.98 Å². The smallest absolute Gasteiger partial charge is 0.138 e. The van der Waals surface area contributed by atoms with Gasteiger partial charge in [0.15, 0.2) is 0 Å². The summed E-state index contributed by atoms with van der Waals surface area (Å²) in [4.78, 5) is 8.45. The molecule has 0 saturated carbocycles. The number of benzene rings is 4. The van der Waals surface area contributed by atoms with Crippen molar-refractivity contribution in [3.63, 3.8) is 0 Å². The minimum Gasteiger partial charge on any atom is -0.493 e. The van der Waals surface area contributed by atoms with Crippen molar-refractivity contribution in [3.05, 3.63) is 72.8 Å². The summed E-state index contributed by atoms with van der Waals surface area (Å²) in [5, 5.41) is 23.0. The second-order valence-corrected chi connectivity index (χ2v) is 7.40. The summed E-state index contributed by atoms with van der Waals surface area (Å²) in [6.45, 7) is 0.0986. The van der Waals surface area contributed by atoms with Crippen LogP contribution in [0.2, 0.25) is 0 Å². The van der Waals surface area contributed by atoms with E-state index in [9.17, 15) is 5.11 Å². The molecule has 5 heteroatoms. The molecule has 5 aromatic rings. The highest BCUT2D eigenvalue weighted by molar-refractivity contribution is 6.23. The number of imidazole rings is 1. The van der Waals surface area contributed by atoms with E-state index in [1.165, 1.54) is 10.8 Å². The average molecular weight is 398 g/mol. The van der Waals surface area contributed by atoms with E-state index in [0.29, 0.717) is 13.0 Å². The second-order valence-electron chi connectivity index (χ2n) is 7.40. The Kier molecular flexibility index (Phi) is 4.83. The minimum absolute atomic E-state index is 0.252. The maximum atomic E-state index is 9.41. The van der Waals surface area contributed by atoms with Crippen molar-refractivity contribution < 1.29 is 14.9 Å². The van der Waals surface area contributed by atoms with Crippen LogP contribution in [0.5, 0.6) is 5.75 Å². The van der Waals surface area contributed by atoms with Gasteiger partial charge in [0.05, 0.1) is 30.4 Å². The van der Waals surface area contributed by atoms with Crippen molar-refractivity contribution in [1.29, 1.82) is 0 Å². The maximum absolute atomic E-state index is 9.41. The fourth-order valence-electron chi connectivity index (χ4n) is 3.87. The number of H-pyrrole nitrogens is 1. The first-order valence-electron chi connectivity index (χ1n) is 10.1. The van der Waals surface area contributed by atoms with Gasteiger partial charge in [0.2, 0.25) is 0 Å². The van der Waals surface area contributed by atoms with Crippen LogP contribution in [-0.2, 0) is 0 Å². The zero-order valence-electron chi connectivity index (χ0n) is 16.4. The third kappa shape index (κ3) is 3.28. The zero-order valence-corrected chi connectivity index (χ0v) is 16.4.